The van der Waals surface area contributed by atoms with Crippen molar-refractivity contribution in [1.29, 1.82) is 0 Å². The maximum Gasteiger partial charge on any atom is 0.311 e. The molecule has 216 valence electrons. The molecule has 6 nitrogen and oxygen atoms in total. The van der Waals surface area contributed by atoms with Gasteiger partial charge < -0.3 is 15.7 Å². The van der Waals surface area contributed by atoms with Gasteiger partial charge in [-0.05, 0) is 87.1 Å². The number of carbonyl (C=O) groups is 3. The molecule has 1 aliphatic rings. The summed E-state index contributed by atoms with van der Waals surface area (Å²) in [6.07, 6.45) is 16.7. The van der Waals surface area contributed by atoms with E-state index >= 15 is 0 Å². The number of aliphatic carboxylic acids is 1. The minimum Gasteiger partial charge on any atom is -0.481 e. The van der Waals surface area contributed by atoms with Gasteiger partial charge in [-0.25, -0.2) is 0 Å². The minimum absolute atomic E-state index is 0.194. The lowest BCUT2D eigenvalue weighted by molar-refractivity contribution is -0.138. The molecule has 0 heterocycles. The molecule has 0 aromatic heterocycles. The Balaban J connectivity index is 2.12. The van der Waals surface area contributed by atoms with E-state index in [1.807, 2.05) is 32.1 Å². The molecule has 1 atom stereocenters. The molecule has 2 amide bonds. The number of allylic oxidation sites excluding steroid dienone is 9. The Hall–Kier alpha value is -3.67. The summed E-state index contributed by atoms with van der Waals surface area (Å²) < 4.78 is 0. The van der Waals surface area contributed by atoms with Gasteiger partial charge in [-0.2, -0.15) is 0 Å². The standard InChI is InChI=1S/C34H46N2O4/c1-8-12-31(37)36-30-22-26(17-18-28(30)27(9-2)33(39)40)35-32(38)21-24(4)14-10-13-23(3)16-19-29-25(5)15-11-20-34(29,6)7/h10,13-14,16-19,21-22,27H,8-9,11-12,15,20H2,1-7H3,(H,35,38)(H,36,37)(H,39,40)/b14-10+,19-16+,23-13+,24-21+. The fraction of sp³-hybridized carbons (Fsp3) is 0.441. The zero-order valence-corrected chi connectivity index (χ0v) is 25.2. The van der Waals surface area contributed by atoms with Crippen LogP contribution in [-0.4, -0.2) is 22.9 Å². The van der Waals surface area contributed by atoms with Gasteiger partial charge in [0, 0.05) is 23.9 Å². The zero-order chi connectivity index (χ0) is 29.9. The lowest BCUT2D eigenvalue weighted by Crippen LogP contribution is -2.19. The number of rotatable bonds is 12. The van der Waals surface area contributed by atoms with E-state index in [0.29, 0.717) is 36.2 Å². The molecule has 2 rings (SSSR count). The molecule has 1 unspecified atom stereocenters. The number of hydrogen-bond donors (Lipinski definition) is 3. The van der Waals surface area contributed by atoms with Crippen LogP contribution in [0.1, 0.15) is 98.5 Å². The number of carboxylic acid groups (broad SMARTS) is 1. The summed E-state index contributed by atoms with van der Waals surface area (Å²) in [6, 6.07) is 4.94. The number of carboxylic acids is 1. The van der Waals surface area contributed by atoms with Crippen LogP contribution in [-0.2, 0) is 14.4 Å². The lowest BCUT2D eigenvalue weighted by Gasteiger charge is -2.32. The van der Waals surface area contributed by atoms with Gasteiger partial charge >= 0.3 is 5.97 Å². The van der Waals surface area contributed by atoms with Crippen LogP contribution >= 0.6 is 0 Å². The van der Waals surface area contributed by atoms with E-state index < -0.39 is 11.9 Å². The number of amides is 2. The van der Waals surface area contributed by atoms with Crippen molar-refractivity contribution in [1.82, 2.24) is 0 Å². The number of anilines is 2. The van der Waals surface area contributed by atoms with E-state index in [9.17, 15) is 19.5 Å². The Morgan fingerprint density at radius 1 is 1.07 bits per heavy atom. The first-order chi connectivity index (χ1) is 18.9. The molecule has 40 heavy (non-hydrogen) atoms. The molecule has 1 aliphatic carbocycles. The highest BCUT2D eigenvalue weighted by Gasteiger charge is 2.26. The molecule has 0 fully saturated rings. The van der Waals surface area contributed by atoms with Crippen LogP contribution in [0.5, 0.6) is 0 Å². The summed E-state index contributed by atoms with van der Waals surface area (Å²) in [6.45, 7) is 14.5. The minimum atomic E-state index is -0.958. The maximum atomic E-state index is 12.7. The summed E-state index contributed by atoms with van der Waals surface area (Å²) in [7, 11) is 0. The molecular formula is C34H46N2O4. The largest absolute Gasteiger partial charge is 0.481 e. The number of benzene rings is 1. The second-order valence-corrected chi connectivity index (χ2v) is 11.3. The molecule has 1 aromatic rings. The first-order valence-electron chi connectivity index (χ1n) is 14.3. The summed E-state index contributed by atoms with van der Waals surface area (Å²) in [5.41, 5.74) is 6.41. The Bertz CT molecular complexity index is 1240. The van der Waals surface area contributed by atoms with Crippen molar-refractivity contribution in [2.24, 2.45) is 5.41 Å². The van der Waals surface area contributed by atoms with Crippen LogP contribution in [0.3, 0.4) is 0 Å². The van der Waals surface area contributed by atoms with E-state index in [2.05, 4.69) is 50.5 Å². The van der Waals surface area contributed by atoms with Crippen molar-refractivity contribution in [2.45, 2.75) is 92.9 Å². The Labute approximate surface area is 240 Å². The van der Waals surface area contributed by atoms with Gasteiger partial charge in [0.15, 0.2) is 0 Å². The van der Waals surface area contributed by atoms with Crippen LogP contribution in [0.4, 0.5) is 11.4 Å². The van der Waals surface area contributed by atoms with E-state index in [4.69, 9.17) is 0 Å². The smallest absolute Gasteiger partial charge is 0.311 e. The number of carbonyl (C=O) groups excluding carboxylic acids is 2. The fourth-order valence-electron chi connectivity index (χ4n) is 5.08. The third-order valence-electron chi connectivity index (χ3n) is 7.29. The van der Waals surface area contributed by atoms with Crippen molar-refractivity contribution in [3.8, 4) is 0 Å². The third-order valence-corrected chi connectivity index (χ3v) is 7.29. The quantitative estimate of drug-likeness (QED) is 0.181. The first-order valence-corrected chi connectivity index (χ1v) is 14.3. The number of hydrogen-bond acceptors (Lipinski definition) is 3. The zero-order valence-electron chi connectivity index (χ0n) is 25.2. The van der Waals surface area contributed by atoms with Crippen molar-refractivity contribution in [3.05, 3.63) is 82.5 Å². The molecule has 0 bridgehead atoms. The Morgan fingerprint density at radius 3 is 2.42 bits per heavy atom. The van der Waals surface area contributed by atoms with Crippen molar-refractivity contribution in [3.63, 3.8) is 0 Å². The van der Waals surface area contributed by atoms with Crippen LogP contribution in [0.15, 0.2) is 76.9 Å². The average molecular weight is 547 g/mol. The molecule has 0 radical (unpaired) electrons. The normalized spacial score (nSPS) is 16.9. The van der Waals surface area contributed by atoms with Crippen LogP contribution in [0.2, 0.25) is 0 Å². The SMILES string of the molecule is CCCC(=O)Nc1cc(NC(=O)/C=C(C)/C=C/C=C(C)/C=C/C2=C(C)CCCC2(C)C)ccc1C(CC)C(=O)O. The van der Waals surface area contributed by atoms with Gasteiger partial charge in [0.1, 0.15) is 0 Å². The van der Waals surface area contributed by atoms with Crippen LogP contribution in [0, 0.1) is 5.41 Å². The van der Waals surface area contributed by atoms with E-state index in [0.717, 1.165) is 11.1 Å². The van der Waals surface area contributed by atoms with Gasteiger partial charge in [0.2, 0.25) is 11.8 Å². The molecule has 0 spiro atoms. The Morgan fingerprint density at radius 2 is 1.80 bits per heavy atom. The van der Waals surface area contributed by atoms with E-state index in [-0.39, 0.29) is 17.2 Å². The predicted molar refractivity (Wildman–Crippen MR) is 165 cm³/mol. The maximum absolute atomic E-state index is 12.7. The molecule has 3 N–H and O–H groups in total. The van der Waals surface area contributed by atoms with Crippen LogP contribution in [0.25, 0.3) is 0 Å². The first kappa shape index (κ1) is 32.5. The highest BCUT2D eigenvalue weighted by molar-refractivity contribution is 6.01. The van der Waals surface area contributed by atoms with Gasteiger partial charge in [-0.15, -0.1) is 0 Å². The molecule has 0 aliphatic heterocycles. The molecule has 0 saturated heterocycles. The second kappa shape index (κ2) is 15.2. The molecule has 1 aromatic carbocycles. The van der Waals surface area contributed by atoms with Crippen molar-refractivity contribution >= 4 is 29.2 Å². The summed E-state index contributed by atoms with van der Waals surface area (Å²) in [4.78, 5) is 36.7. The summed E-state index contributed by atoms with van der Waals surface area (Å²) in [5, 5.41) is 15.3. The highest BCUT2D eigenvalue weighted by atomic mass is 16.4. The van der Waals surface area contributed by atoms with Gasteiger partial charge in [0.25, 0.3) is 0 Å². The van der Waals surface area contributed by atoms with Gasteiger partial charge in [-0.1, -0.05) is 75.3 Å². The fourth-order valence-corrected chi connectivity index (χ4v) is 5.08. The monoisotopic (exact) mass is 546 g/mol. The topological polar surface area (TPSA) is 95.5 Å². The van der Waals surface area contributed by atoms with Crippen molar-refractivity contribution < 1.29 is 19.5 Å². The van der Waals surface area contributed by atoms with Crippen molar-refractivity contribution in [2.75, 3.05) is 10.6 Å². The van der Waals surface area contributed by atoms with Gasteiger partial charge in [-0.3, -0.25) is 14.4 Å². The molecule has 0 saturated carbocycles. The summed E-state index contributed by atoms with van der Waals surface area (Å²) >= 11 is 0. The second-order valence-electron chi connectivity index (χ2n) is 11.3. The van der Waals surface area contributed by atoms with Gasteiger partial charge in [0.05, 0.1) is 5.92 Å². The molecular weight excluding hydrogens is 500 g/mol. The lowest BCUT2D eigenvalue weighted by atomic mass is 9.72. The summed E-state index contributed by atoms with van der Waals surface area (Å²) in [5.74, 6) is -2.22. The van der Waals surface area contributed by atoms with Crippen LogP contribution < -0.4 is 10.6 Å². The Kier molecular flexibility index (Phi) is 12.4. The van der Waals surface area contributed by atoms with E-state index in [1.165, 1.54) is 36.5 Å². The predicted octanol–water partition coefficient (Wildman–Crippen LogP) is 8.47. The molecule has 6 heteroatoms. The third kappa shape index (κ3) is 9.82. The average Bonchev–Trinajstić information content (AvgIpc) is 2.84. The number of nitrogens with one attached hydrogen (secondary N) is 2. The van der Waals surface area contributed by atoms with E-state index in [1.54, 1.807) is 25.1 Å². The highest BCUT2D eigenvalue weighted by Crippen LogP contribution is 2.40.